The summed E-state index contributed by atoms with van der Waals surface area (Å²) in [6.45, 7) is 2.72. The highest BCUT2D eigenvalue weighted by Crippen LogP contribution is 2.20. The van der Waals surface area contributed by atoms with Gasteiger partial charge < -0.3 is 19.5 Å². The highest BCUT2D eigenvalue weighted by Gasteiger charge is 2.07. The number of anilines is 1. The molecule has 0 aliphatic carbocycles. The molecule has 1 amide bonds. The van der Waals surface area contributed by atoms with Crippen LogP contribution in [0.3, 0.4) is 0 Å². The van der Waals surface area contributed by atoms with E-state index in [0.29, 0.717) is 23.6 Å². The van der Waals surface area contributed by atoms with Crippen LogP contribution in [0.25, 0.3) is 0 Å². The highest BCUT2D eigenvalue weighted by atomic mass is 16.5. The first-order chi connectivity index (χ1) is 13.6. The van der Waals surface area contributed by atoms with Crippen LogP contribution in [0.15, 0.2) is 48.5 Å². The maximum atomic E-state index is 12.1. The quantitative estimate of drug-likeness (QED) is 0.457. The SMILES string of the molecule is CCCCCCOc1cccc(OCC(=O)Nc2ccc(C(=O)OC)cc2)c1. The number of hydrogen-bond donors (Lipinski definition) is 1. The maximum absolute atomic E-state index is 12.1. The fourth-order valence-corrected chi connectivity index (χ4v) is 2.53. The number of esters is 1. The number of amides is 1. The molecule has 0 atom stereocenters. The first kappa shape index (κ1) is 21.3. The van der Waals surface area contributed by atoms with Crippen molar-refractivity contribution in [3.63, 3.8) is 0 Å². The van der Waals surface area contributed by atoms with Crippen LogP contribution in [-0.2, 0) is 9.53 Å². The number of rotatable bonds is 11. The largest absolute Gasteiger partial charge is 0.493 e. The summed E-state index contributed by atoms with van der Waals surface area (Å²) in [5.74, 6) is 0.584. The minimum atomic E-state index is -0.423. The van der Waals surface area contributed by atoms with E-state index in [1.165, 1.54) is 20.0 Å². The summed E-state index contributed by atoms with van der Waals surface area (Å²) in [5.41, 5.74) is 0.994. The molecule has 0 spiro atoms. The van der Waals surface area contributed by atoms with Gasteiger partial charge in [-0.1, -0.05) is 32.3 Å². The van der Waals surface area contributed by atoms with Crippen LogP contribution in [0.4, 0.5) is 5.69 Å². The van der Waals surface area contributed by atoms with E-state index in [0.717, 1.165) is 18.6 Å². The van der Waals surface area contributed by atoms with E-state index < -0.39 is 5.97 Å². The van der Waals surface area contributed by atoms with Gasteiger partial charge in [0.05, 0.1) is 19.3 Å². The van der Waals surface area contributed by atoms with E-state index in [9.17, 15) is 9.59 Å². The van der Waals surface area contributed by atoms with E-state index in [1.54, 1.807) is 36.4 Å². The molecule has 2 aromatic carbocycles. The third kappa shape index (κ3) is 7.31. The van der Waals surface area contributed by atoms with Crippen molar-refractivity contribution in [2.45, 2.75) is 32.6 Å². The molecule has 6 heteroatoms. The maximum Gasteiger partial charge on any atom is 0.337 e. The molecule has 2 rings (SSSR count). The Labute approximate surface area is 165 Å². The molecule has 28 heavy (non-hydrogen) atoms. The van der Waals surface area contributed by atoms with Crippen LogP contribution in [0.1, 0.15) is 43.0 Å². The molecule has 0 fully saturated rings. The number of benzene rings is 2. The second-order valence-electron chi connectivity index (χ2n) is 6.29. The predicted molar refractivity (Wildman–Crippen MR) is 108 cm³/mol. The van der Waals surface area contributed by atoms with Crippen LogP contribution in [0.5, 0.6) is 11.5 Å². The van der Waals surface area contributed by atoms with E-state index in [1.807, 2.05) is 12.1 Å². The molecule has 0 saturated heterocycles. The number of methoxy groups -OCH3 is 1. The van der Waals surface area contributed by atoms with Crippen LogP contribution in [0, 0.1) is 0 Å². The van der Waals surface area contributed by atoms with E-state index >= 15 is 0 Å². The lowest BCUT2D eigenvalue weighted by atomic mass is 10.2. The molecule has 0 saturated carbocycles. The van der Waals surface area contributed by atoms with Gasteiger partial charge in [0, 0.05) is 11.8 Å². The van der Waals surface area contributed by atoms with Crippen LogP contribution in [-0.4, -0.2) is 32.2 Å². The van der Waals surface area contributed by atoms with Crippen molar-refractivity contribution in [2.24, 2.45) is 0 Å². The second kappa shape index (κ2) is 11.6. The molecule has 0 unspecified atom stereocenters. The Morgan fingerprint density at radius 3 is 2.32 bits per heavy atom. The van der Waals surface area contributed by atoms with Gasteiger partial charge in [0.25, 0.3) is 5.91 Å². The molecular formula is C22H27NO5. The zero-order valence-corrected chi connectivity index (χ0v) is 16.4. The van der Waals surface area contributed by atoms with Crippen molar-refractivity contribution in [1.82, 2.24) is 0 Å². The van der Waals surface area contributed by atoms with Gasteiger partial charge in [-0.3, -0.25) is 4.79 Å². The van der Waals surface area contributed by atoms with Gasteiger partial charge in [-0.05, 0) is 42.8 Å². The molecule has 0 heterocycles. The average Bonchev–Trinajstić information content (AvgIpc) is 2.72. The van der Waals surface area contributed by atoms with E-state index in [4.69, 9.17) is 9.47 Å². The van der Waals surface area contributed by atoms with Crippen molar-refractivity contribution < 1.29 is 23.8 Å². The molecular weight excluding hydrogens is 358 g/mol. The fourth-order valence-electron chi connectivity index (χ4n) is 2.53. The van der Waals surface area contributed by atoms with Gasteiger partial charge in [-0.2, -0.15) is 0 Å². The van der Waals surface area contributed by atoms with Gasteiger partial charge in [0.1, 0.15) is 11.5 Å². The Morgan fingerprint density at radius 2 is 1.64 bits per heavy atom. The summed E-state index contributed by atoms with van der Waals surface area (Å²) in [5, 5.41) is 2.72. The van der Waals surface area contributed by atoms with Crippen molar-refractivity contribution in [3.05, 3.63) is 54.1 Å². The Balaban J connectivity index is 1.77. The van der Waals surface area contributed by atoms with Gasteiger partial charge in [-0.15, -0.1) is 0 Å². The fraction of sp³-hybridized carbons (Fsp3) is 0.364. The molecule has 0 radical (unpaired) electrons. The minimum Gasteiger partial charge on any atom is -0.493 e. The lowest BCUT2D eigenvalue weighted by Crippen LogP contribution is -2.20. The van der Waals surface area contributed by atoms with Crippen LogP contribution < -0.4 is 14.8 Å². The average molecular weight is 385 g/mol. The summed E-state index contributed by atoms with van der Waals surface area (Å²) in [7, 11) is 1.32. The van der Waals surface area contributed by atoms with E-state index in [-0.39, 0.29) is 12.5 Å². The highest BCUT2D eigenvalue weighted by molar-refractivity contribution is 5.93. The summed E-state index contributed by atoms with van der Waals surface area (Å²) in [6, 6.07) is 13.7. The first-order valence-corrected chi connectivity index (χ1v) is 9.46. The number of carbonyl (C=O) groups excluding carboxylic acids is 2. The van der Waals surface area contributed by atoms with Gasteiger partial charge in [-0.25, -0.2) is 4.79 Å². The number of hydrogen-bond acceptors (Lipinski definition) is 5. The molecule has 0 aliphatic heterocycles. The minimum absolute atomic E-state index is 0.126. The number of carbonyl (C=O) groups is 2. The third-order valence-corrected chi connectivity index (χ3v) is 4.03. The standard InChI is InChI=1S/C22H27NO5/c1-3-4-5-6-14-27-19-8-7-9-20(15-19)28-16-21(24)23-18-12-10-17(11-13-18)22(25)26-2/h7-13,15H,3-6,14,16H2,1-2H3,(H,23,24). The Morgan fingerprint density at radius 1 is 0.929 bits per heavy atom. The molecule has 1 N–H and O–H groups in total. The Hall–Kier alpha value is -3.02. The zero-order valence-electron chi connectivity index (χ0n) is 16.4. The van der Waals surface area contributed by atoms with Crippen LogP contribution in [0.2, 0.25) is 0 Å². The number of nitrogens with one attached hydrogen (secondary N) is 1. The third-order valence-electron chi connectivity index (χ3n) is 4.03. The molecule has 0 aliphatic rings. The summed E-state index contributed by atoms with van der Waals surface area (Å²) in [4.78, 5) is 23.5. The lowest BCUT2D eigenvalue weighted by molar-refractivity contribution is -0.118. The van der Waals surface area contributed by atoms with Gasteiger partial charge >= 0.3 is 5.97 Å². The van der Waals surface area contributed by atoms with Crippen LogP contribution >= 0.6 is 0 Å². The Bertz CT molecular complexity index is 758. The van der Waals surface area contributed by atoms with Crippen molar-refractivity contribution in [1.29, 1.82) is 0 Å². The summed E-state index contributed by atoms with van der Waals surface area (Å²) >= 11 is 0. The summed E-state index contributed by atoms with van der Waals surface area (Å²) in [6.07, 6.45) is 4.59. The second-order valence-corrected chi connectivity index (χ2v) is 6.29. The normalized spacial score (nSPS) is 10.2. The van der Waals surface area contributed by atoms with Gasteiger partial charge in [0.2, 0.25) is 0 Å². The van der Waals surface area contributed by atoms with E-state index in [2.05, 4.69) is 17.0 Å². The first-order valence-electron chi connectivity index (χ1n) is 9.46. The van der Waals surface area contributed by atoms with Crippen molar-refractivity contribution in [2.75, 3.05) is 25.6 Å². The number of ether oxygens (including phenoxy) is 3. The molecule has 2 aromatic rings. The van der Waals surface area contributed by atoms with Crippen molar-refractivity contribution in [3.8, 4) is 11.5 Å². The molecule has 150 valence electrons. The lowest BCUT2D eigenvalue weighted by Gasteiger charge is -2.10. The molecule has 0 bridgehead atoms. The predicted octanol–water partition coefficient (Wildman–Crippen LogP) is 4.45. The number of unbranched alkanes of at least 4 members (excludes halogenated alkanes) is 3. The van der Waals surface area contributed by atoms with Crippen molar-refractivity contribution >= 4 is 17.6 Å². The van der Waals surface area contributed by atoms with Gasteiger partial charge in [0.15, 0.2) is 6.61 Å². The smallest absolute Gasteiger partial charge is 0.337 e. The molecule has 0 aromatic heterocycles. The monoisotopic (exact) mass is 385 g/mol. The zero-order chi connectivity index (χ0) is 20.2. The topological polar surface area (TPSA) is 73.9 Å². The molecule has 6 nitrogen and oxygen atoms in total. The Kier molecular flexibility index (Phi) is 8.85. The summed E-state index contributed by atoms with van der Waals surface area (Å²) < 4.78 is 15.9.